The highest BCUT2D eigenvalue weighted by atomic mass is 32.2. The van der Waals surface area contributed by atoms with Crippen LogP contribution in [0.2, 0.25) is 0 Å². The summed E-state index contributed by atoms with van der Waals surface area (Å²) in [5.41, 5.74) is 3.21. The summed E-state index contributed by atoms with van der Waals surface area (Å²) >= 11 is 1.96. The molecule has 7 nitrogen and oxygen atoms in total. The Bertz CT molecular complexity index is 1000. The van der Waals surface area contributed by atoms with Gasteiger partial charge in [0, 0.05) is 41.8 Å². The summed E-state index contributed by atoms with van der Waals surface area (Å²) in [7, 11) is 0. The standard InChI is InChI=1S/C25H29N3O4S/c1-2-31-24(29)14-19-13-21-15-20(5-8-23(21)32-17-19)25(30)27-22-6-3-18(4-7-22)16-26-28-9-11-33-12-10-28/h3-8,15-16,19H,2,9-14,17H2,1H3,(H,27,30). The number of amides is 1. The Morgan fingerprint density at radius 1 is 1.21 bits per heavy atom. The molecule has 4 rings (SSSR count). The summed E-state index contributed by atoms with van der Waals surface area (Å²) < 4.78 is 10.8. The van der Waals surface area contributed by atoms with Gasteiger partial charge in [-0.05, 0) is 54.8 Å². The van der Waals surface area contributed by atoms with Crippen molar-refractivity contribution in [2.45, 2.75) is 19.8 Å². The van der Waals surface area contributed by atoms with Crippen LogP contribution in [0.15, 0.2) is 47.6 Å². The number of nitrogens with one attached hydrogen (secondary N) is 1. The quantitative estimate of drug-likeness (QED) is 0.493. The minimum absolute atomic E-state index is 0.0489. The van der Waals surface area contributed by atoms with Gasteiger partial charge in [-0.15, -0.1) is 0 Å². The van der Waals surface area contributed by atoms with Crippen LogP contribution in [0.3, 0.4) is 0 Å². The van der Waals surface area contributed by atoms with Gasteiger partial charge in [-0.1, -0.05) is 12.1 Å². The Morgan fingerprint density at radius 2 is 2.00 bits per heavy atom. The molecule has 1 atom stereocenters. The molecule has 174 valence electrons. The fourth-order valence-electron chi connectivity index (χ4n) is 3.86. The Labute approximate surface area is 198 Å². The third kappa shape index (κ3) is 6.51. The van der Waals surface area contributed by atoms with Crippen molar-refractivity contribution in [3.05, 3.63) is 59.2 Å². The summed E-state index contributed by atoms with van der Waals surface area (Å²) in [6, 6.07) is 13.1. The van der Waals surface area contributed by atoms with Gasteiger partial charge < -0.3 is 14.8 Å². The fourth-order valence-corrected chi connectivity index (χ4v) is 4.74. The van der Waals surface area contributed by atoms with Gasteiger partial charge in [-0.2, -0.15) is 16.9 Å². The minimum atomic E-state index is -0.216. The third-order valence-electron chi connectivity index (χ3n) is 5.59. The van der Waals surface area contributed by atoms with E-state index in [1.165, 1.54) is 0 Å². The van der Waals surface area contributed by atoms with E-state index in [1.54, 1.807) is 13.0 Å². The molecule has 1 amide bonds. The number of thioether (sulfide) groups is 1. The molecule has 2 aliphatic rings. The molecule has 2 aromatic carbocycles. The van der Waals surface area contributed by atoms with Crippen LogP contribution in [0.4, 0.5) is 5.69 Å². The van der Waals surface area contributed by atoms with Gasteiger partial charge >= 0.3 is 5.97 Å². The van der Waals surface area contributed by atoms with Crippen molar-refractivity contribution in [2.75, 3.05) is 43.1 Å². The molecule has 0 saturated carbocycles. The molecule has 0 radical (unpaired) electrons. The Kier molecular flexibility index (Phi) is 7.88. The van der Waals surface area contributed by atoms with Crippen LogP contribution in [0, 0.1) is 5.92 Å². The lowest BCUT2D eigenvalue weighted by atomic mass is 9.93. The van der Waals surface area contributed by atoms with E-state index in [4.69, 9.17) is 9.47 Å². The molecule has 33 heavy (non-hydrogen) atoms. The summed E-state index contributed by atoms with van der Waals surface area (Å²) in [5.74, 6) is 2.64. The molecule has 1 N–H and O–H groups in total. The van der Waals surface area contributed by atoms with Crippen LogP contribution in [0.25, 0.3) is 0 Å². The number of carbonyl (C=O) groups is 2. The second-order valence-electron chi connectivity index (χ2n) is 8.10. The highest BCUT2D eigenvalue weighted by Crippen LogP contribution is 2.30. The van der Waals surface area contributed by atoms with Crippen LogP contribution in [0.1, 0.15) is 34.8 Å². The van der Waals surface area contributed by atoms with Gasteiger partial charge in [0.1, 0.15) is 5.75 Å². The lowest BCUT2D eigenvalue weighted by Gasteiger charge is -2.25. The van der Waals surface area contributed by atoms with Crippen molar-refractivity contribution in [2.24, 2.45) is 11.0 Å². The van der Waals surface area contributed by atoms with Crippen molar-refractivity contribution < 1.29 is 19.1 Å². The number of anilines is 1. The van der Waals surface area contributed by atoms with Crippen molar-refractivity contribution in [3.8, 4) is 5.75 Å². The van der Waals surface area contributed by atoms with E-state index < -0.39 is 0 Å². The first-order chi connectivity index (χ1) is 16.1. The highest BCUT2D eigenvalue weighted by Gasteiger charge is 2.24. The molecule has 0 aromatic heterocycles. The average Bonchev–Trinajstić information content (AvgIpc) is 2.84. The number of hydrogen-bond donors (Lipinski definition) is 1. The number of carbonyl (C=O) groups excluding carboxylic acids is 2. The maximum absolute atomic E-state index is 12.8. The van der Waals surface area contributed by atoms with Crippen molar-refractivity contribution in [3.63, 3.8) is 0 Å². The molecule has 8 heteroatoms. The van der Waals surface area contributed by atoms with E-state index in [1.807, 2.05) is 54.4 Å². The summed E-state index contributed by atoms with van der Waals surface area (Å²) in [6.07, 6.45) is 2.85. The number of nitrogens with zero attached hydrogens (tertiary/aromatic N) is 2. The number of ether oxygens (including phenoxy) is 2. The summed E-state index contributed by atoms with van der Waals surface area (Å²) in [6.45, 7) is 4.60. The predicted molar refractivity (Wildman–Crippen MR) is 131 cm³/mol. The highest BCUT2D eigenvalue weighted by molar-refractivity contribution is 7.99. The first-order valence-corrected chi connectivity index (χ1v) is 12.5. The Balaban J connectivity index is 1.35. The number of fused-ring (bicyclic) bond motifs is 1. The van der Waals surface area contributed by atoms with E-state index >= 15 is 0 Å². The maximum Gasteiger partial charge on any atom is 0.306 e. The molecule has 1 fully saturated rings. The molecule has 2 heterocycles. The summed E-state index contributed by atoms with van der Waals surface area (Å²) in [4.78, 5) is 24.6. The molecule has 0 bridgehead atoms. The number of benzene rings is 2. The molecule has 0 aliphatic carbocycles. The van der Waals surface area contributed by atoms with Crippen LogP contribution in [-0.4, -0.2) is 60.9 Å². The molecule has 1 unspecified atom stereocenters. The lowest BCUT2D eigenvalue weighted by molar-refractivity contribution is -0.144. The molecule has 0 spiro atoms. The zero-order chi connectivity index (χ0) is 23.0. The van der Waals surface area contributed by atoms with E-state index in [9.17, 15) is 9.59 Å². The van der Waals surface area contributed by atoms with Crippen molar-refractivity contribution in [1.82, 2.24) is 5.01 Å². The predicted octanol–water partition coefficient (Wildman–Crippen LogP) is 3.83. The van der Waals surface area contributed by atoms with E-state index in [-0.39, 0.29) is 17.8 Å². The second kappa shape index (κ2) is 11.2. The van der Waals surface area contributed by atoms with Gasteiger partial charge in [0.05, 0.1) is 25.8 Å². The smallest absolute Gasteiger partial charge is 0.306 e. The second-order valence-corrected chi connectivity index (χ2v) is 9.32. The van der Waals surface area contributed by atoms with Gasteiger partial charge in [0.25, 0.3) is 5.91 Å². The van der Waals surface area contributed by atoms with Crippen molar-refractivity contribution in [1.29, 1.82) is 0 Å². The minimum Gasteiger partial charge on any atom is -0.493 e. The van der Waals surface area contributed by atoms with E-state index in [0.717, 1.165) is 47.2 Å². The average molecular weight is 468 g/mol. The van der Waals surface area contributed by atoms with Gasteiger partial charge in [-0.25, -0.2) is 0 Å². The zero-order valence-corrected chi connectivity index (χ0v) is 19.6. The molecule has 1 saturated heterocycles. The van der Waals surface area contributed by atoms with Crippen LogP contribution < -0.4 is 10.1 Å². The number of hydrogen-bond acceptors (Lipinski definition) is 7. The normalized spacial score (nSPS) is 17.8. The van der Waals surface area contributed by atoms with Gasteiger partial charge in [-0.3, -0.25) is 14.6 Å². The first-order valence-electron chi connectivity index (χ1n) is 11.3. The lowest BCUT2D eigenvalue weighted by Crippen LogP contribution is -2.27. The molecule has 2 aliphatic heterocycles. The monoisotopic (exact) mass is 467 g/mol. The summed E-state index contributed by atoms with van der Waals surface area (Å²) in [5, 5.41) is 9.57. The van der Waals surface area contributed by atoms with Crippen molar-refractivity contribution >= 4 is 35.5 Å². The van der Waals surface area contributed by atoms with E-state index in [2.05, 4.69) is 15.4 Å². The maximum atomic E-state index is 12.8. The SMILES string of the molecule is CCOC(=O)CC1COc2ccc(C(=O)Nc3ccc(C=NN4CCSCC4)cc3)cc2C1. The van der Waals surface area contributed by atoms with Crippen LogP contribution in [-0.2, 0) is 16.0 Å². The molecular weight excluding hydrogens is 438 g/mol. The van der Waals surface area contributed by atoms with Crippen LogP contribution in [0.5, 0.6) is 5.75 Å². The zero-order valence-electron chi connectivity index (χ0n) is 18.8. The van der Waals surface area contributed by atoms with Gasteiger partial charge in [0.2, 0.25) is 0 Å². The van der Waals surface area contributed by atoms with Crippen LogP contribution >= 0.6 is 11.8 Å². The molecule has 2 aromatic rings. The van der Waals surface area contributed by atoms with E-state index in [0.29, 0.717) is 31.6 Å². The fraction of sp³-hybridized carbons (Fsp3) is 0.400. The molecular formula is C25H29N3O4S. The Hall–Kier alpha value is -3.00. The largest absolute Gasteiger partial charge is 0.493 e. The first kappa shape index (κ1) is 23.2. The number of rotatable bonds is 7. The number of hydrazone groups is 1. The van der Waals surface area contributed by atoms with Gasteiger partial charge in [0.15, 0.2) is 0 Å². The topological polar surface area (TPSA) is 80.2 Å². The Morgan fingerprint density at radius 3 is 2.76 bits per heavy atom. The number of esters is 1. The third-order valence-corrected chi connectivity index (χ3v) is 6.54.